The normalized spacial score (nSPS) is 20.5. The summed E-state index contributed by atoms with van der Waals surface area (Å²) in [5, 5.41) is 0. The van der Waals surface area contributed by atoms with Crippen molar-refractivity contribution >= 4 is 27.7 Å². The van der Waals surface area contributed by atoms with Gasteiger partial charge in [0, 0.05) is 36.8 Å². The number of pyridine rings is 1. The number of carbonyl (C=O) groups is 1. The monoisotopic (exact) mass is 324 g/mol. The van der Waals surface area contributed by atoms with E-state index in [1.54, 1.807) is 6.20 Å². The molecule has 0 bridgehead atoms. The van der Waals surface area contributed by atoms with Crippen LogP contribution in [0.15, 0.2) is 16.7 Å². The van der Waals surface area contributed by atoms with E-state index in [2.05, 4.69) is 27.0 Å². The Hall–Kier alpha value is -0.940. The van der Waals surface area contributed by atoms with Gasteiger partial charge in [-0.1, -0.05) is 0 Å². The van der Waals surface area contributed by atoms with Gasteiger partial charge in [-0.05, 0) is 52.7 Å². The minimum absolute atomic E-state index is 0.203. The maximum absolute atomic E-state index is 12.2. The first-order valence-electron chi connectivity index (χ1n) is 6.76. The number of nitrogens with zero attached hydrogens (tertiary/aromatic N) is 2. The lowest BCUT2D eigenvalue weighted by Crippen LogP contribution is -2.40. The van der Waals surface area contributed by atoms with Crippen LogP contribution in [0.3, 0.4) is 0 Å². The summed E-state index contributed by atoms with van der Waals surface area (Å²) in [6.07, 6.45) is 5.24. The molecule has 1 aromatic rings. The van der Waals surface area contributed by atoms with Crippen LogP contribution < -0.4 is 4.90 Å². The fourth-order valence-corrected chi connectivity index (χ4v) is 3.15. The fourth-order valence-electron chi connectivity index (χ4n) is 2.77. The average Bonchev–Trinajstić information content (AvgIpc) is 2.43. The first kappa shape index (κ1) is 13.1. The number of carbonyl (C=O) groups excluding carboxylic acids is 1. The second-order valence-corrected chi connectivity index (χ2v) is 6.11. The molecule has 19 heavy (non-hydrogen) atoms. The highest BCUT2D eigenvalue weighted by Gasteiger charge is 2.28. The van der Waals surface area contributed by atoms with E-state index < -0.39 is 0 Å². The molecular formula is C14H17BrN2O2. The van der Waals surface area contributed by atoms with Crippen molar-refractivity contribution in [3.05, 3.63) is 22.3 Å². The first-order valence-corrected chi connectivity index (χ1v) is 7.56. The second-order valence-electron chi connectivity index (χ2n) is 5.20. The molecule has 0 unspecified atom stereocenters. The van der Waals surface area contributed by atoms with E-state index in [4.69, 9.17) is 4.74 Å². The molecule has 0 aromatic carbocycles. The van der Waals surface area contributed by atoms with Gasteiger partial charge in [0.05, 0.1) is 0 Å². The third-order valence-corrected chi connectivity index (χ3v) is 4.29. The van der Waals surface area contributed by atoms with E-state index in [9.17, 15) is 4.79 Å². The number of aromatic nitrogens is 1. The summed E-state index contributed by atoms with van der Waals surface area (Å²) in [5.41, 5.74) is 1.17. The largest absolute Gasteiger partial charge is 0.381 e. The maximum atomic E-state index is 12.2. The number of ether oxygens (including phenoxy) is 1. The van der Waals surface area contributed by atoms with Gasteiger partial charge in [-0.25, -0.2) is 4.98 Å². The van der Waals surface area contributed by atoms with Crippen molar-refractivity contribution in [3.63, 3.8) is 0 Å². The van der Waals surface area contributed by atoms with Crippen LogP contribution in [0.1, 0.15) is 24.8 Å². The van der Waals surface area contributed by atoms with Crippen molar-refractivity contribution in [1.82, 2.24) is 4.98 Å². The molecule has 0 atom stereocenters. The lowest BCUT2D eigenvalue weighted by Gasteiger charge is -2.32. The topological polar surface area (TPSA) is 42.4 Å². The minimum Gasteiger partial charge on any atom is -0.381 e. The molecule has 102 valence electrons. The van der Waals surface area contributed by atoms with Crippen LogP contribution in [0.2, 0.25) is 0 Å². The van der Waals surface area contributed by atoms with Gasteiger partial charge in [0.1, 0.15) is 5.82 Å². The summed E-state index contributed by atoms with van der Waals surface area (Å²) < 4.78 is 6.35. The van der Waals surface area contributed by atoms with Gasteiger partial charge in [0.2, 0.25) is 5.91 Å². The van der Waals surface area contributed by atoms with E-state index in [-0.39, 0.29) is 5.91 Å². The van der Waals surface area contributed by atoms with Crippen LogP contribution in [-0.2, 0) is 16.0 Å². The van der Waals surface area contributed by atoms with Crippen LogP contribution in [0.4, 0.5) is 5.82 Å². The van der Waals surface area contributed by atoms with Gasteiger partial charge in [0.15, 0.2) is 0 Å². The van der Waals surface area contributed by atoms with Crippen LogP contribution in [0.25, 0.3) is 0 Å². The Balaban J connectivity index is 1.82. The van der Waals surface area contributed by atoms with Gasteiger partial charge in [-0.2, -0.15) is 0 Å². The summed E-state index contributed by atoms with van der Waals surface area (Å²) in [6.45, 7) is 2.41. The Morgan fingerprint density at radius 1 is 1.37 bits per heavy atom. The molecule has 2 aliphatic rings. The van der Waals surface area contributed by atoms with Crippen molar-refractivity contribution in [3.8, 4) is 0 Å². The van der Waals surface area contributed by atoms with Gasteiger partial charge in [-0.3, -0.25) is 9.69 Å². The van der Waals surface area contributed by atoms with E-state index in [1.807, 2.05) is 4.90 Å². The molecular weight excluding hydrogens is 308 g/mol. The van der Waals surface area contributed by atoms with E-state index in [0.717, 1.165) is 49.3 Å². The third kappa shape index (κ3) is 2.82. The summed E-state index contributed by atoms with van der Waals surface area (Å²) in [6, 6.07) is 2.08. The number of fused-ring (bicyclic) bond motifs is 1. The Morgan fingerprint density at radius 3 is 2.95 bits per heavy atom. The smallest absolute Gasteiger partial charge is 0.228 e. The van der Waals surface area contributed by atoms with E-state index in [1.165, 1.54) is 5.56 Å². The molecule has 1 saturated heterocycles. The number of halogens is 1. The molecule has 0 N–H and O–H groups in total. The molecule has 0 radical (unpaired) electrons. The first-order chi connectivity index (χ1) is 9.24. The zero-order valence-electron chi connectivity index (χ0n) is 10.8. The van der Waals surface area contributed by atoms with E-state index >= 15 is 0 Å². The third-order valence-electron chi connectivity index (χ3n) is 3.86. The molecule has 1 amide bonds. The number of aryl methyl sites for hydroxylation is 1. The average molecular weight is 325 g/mol. The fraction of sp³-hybridized carbons (Fsp3) is 0.571. The summed E-state index contributed by atoms with van der Waals surface area (Å²) >= 11 is 3.44. The zero-order valence-corrected chi connectivity index (χ0v) is 12.4. The van der Waals surface area contributed by atoms with Crippen LogP contribution in [-0.4, -0.2) is 30.6 Å². The van der Waals surface area contributed by atoms with Gasteiger partial charge >= 0.3 is 0 Å². The highest BCUT2D eigenvalue weighted by molar-refractivity contribution is 9.10. The van der Waals surface area contributed by atoms with Crippen LogP contribution in [0.5, 0.6) is 0 Å². The Morgan fingerprint density at radius 2 is 2.16 bits per heavy atom. The van der Waals surface area contributed by atoms with Crippen molar-refractivity contribution < 1.29 is 9.53 Å². The number of hydrogen-bond acceptors (Lipinski definition) is 3. The molecule has 3 rings (SSSR count). The van der Waals surface area contributed by atoms with E-state index in [0.29, 0.717) is 12.3 Å². The highest BCUT2D eigenvalue weighted by atomic mass is 79.9. The van der Waals surface area contributed by atoms with Crippen molar-refractivity contribution in [2.75, 3.05) is 24.7 Å². The zero-order chi connectivity index (χ0) is 13.2. The van der Waals surface area contributed by atoms with Gasteiger partial charge in [-0.15, -0.1) is 0 Å². The second kappa shape index (κ2) is 5.59. The Kier molecular flexibility index (Phi) is 3.84. The standard InChI is InChI=1S/C14H17BrN2O2/c15-12-7-11-1-2-13(18)17(14(11)16-8-12)9-10-3-5-19-6-4-10/h7-8,10H,1-6,9H2. The Bertz CT molecular complexity index is 486. The maximum Gasteiger partial charge on any atom is 0.228 e. The van der Waals surface area contributed by atoms with Crippen molar-refractivity contribution in [1.29, 1.82) is 0 Å². The SMILES string of the molecule is O=C1CCc2cc(Br)cnc2N1CC1CCOCC1. The summed E-state index contributed by atoms with van der Waals surface area (Å²) in [4.78, 5) is 18.5. The Labute approximate surface area is 121 Å². The molecule has 4 nitrogen and oxygen atoms in total. The van der Waals surface area contributed by atoms with Gasteiger partial charge < -0.3 is 4.74 Å². The molecule has 0 spiro atoms. The number of amides is 1. The molecule has 0 aliphatic carbocycles. The lowest BCUT2D eigenvalue weighted by molar-refractivity contribution is -0.119. The van der Waals surface area contributed by atoms with Crippen LogP contribution in [0, 0.1) is 5.92 Å². The minimum atomic E-state index is 0.203. The van der Waals surface area contributed by atoms with Crippen molar-refractivity contribution in [2.45, 2.75) is 25.7 Å². The number of hydrogen-bond donors (Lipinski definition) is 0. The molecule has 2 aliphatic heterocycles. The molecule has 1 aromatic heterocycles. The highest BCUT2D eigenvalue weighted by Crippen LogP contribution is 2.29. The summed E-state index contributed by atoms with van der Waals surface area (Å²) in [7, 11) is 0. The predicted octanol–water partition coefficient (Wildman–Crippen LogP) is 2.55. The predicted molar refractivity (Wildman–Crippen MR) is 76.2 cm³/mol. The lowest BCUT2D eigenvalue weighted by atomic mass is 9.97. The molecule has 3 heterocycles. The van der Waals surface area contributed by atoms with Crippen molar-refractivity contribution in [2.24, 2.45) is 5.92 Å². The molecule has 1 fully saturated rings. The summed E-state index contributed by atoms with van der Waals surface area (Å²) in [5.74, 6) is 1.59. The quantitative estimate of drug-likeness (QED) is 0.839. The number of anilines is 1. The van der Waals surface area contributed by atoms with Crippen LogP contribution >= 0.6 is 15.9 Å². The van der Waals surface area contributed by atoms with Gasteiger partial charge in [0.25, 0.3) is 0 Å². The molecule has 0 saturated carbocycles. The number of rotatable bonds is 2. The molecule has 5 heteroatoms.